The molecule has 0 aliphatic carbocycles. The molecule has 0 fully saturated rings. The average Bonchev–Trinajstić information content (AvgIpc) is 2.55. The van der Waals surface area contributed by atoms with E-state index in [1.54, 1.807) is 19.9 Å². The van der Waals surface area contributed by atoms with Crippen LogP contribution in [-0.4, -0.2) is 30.3 Å². The van der Waals surface area contributed by atoms with Gasteiger partial charge in [-0.1, -0.05) is 12.2 Å². The molecular formula is C10H15BrN2O2S3. The van der Waals surface area contributed by atoms with Crippen LogP contribution in [0.3, 0.4) is 0 Å². The standard InChI is InChI=1S/C10H15BrN2O2S3/c1-6(2)13(5-8(12)16)18(14,15)9-4-7(3)10(11)17-9/h4,6H,5H2,1-3H3,(H2,12,16). The van der Waals surface area contributed by atoms with Gasteiger partial charge in [-0.3, -0.25) is 0 Å². The normalized spacial score (nSPS) is 12.3. The maximum absolute atomic E-state index is 12.5. The molecule has 102 valence electrons. The van der Waals surface area contributed by atoms with Crippen molar-refractivity contribution in [3.05, 3.63) is 15.4 Å². The zero-order chi connectivity index (χ0) is 14.1. The van der Waals surface area contributed by atoms with Gasteiger partial charge in [0.05, 0.1) is 15.3 Å². The highest BCUT2D eigenvalue weighted by molar-refractivity contribution is 9.11. The number of halogens is 1. The molecule has 0 saturated heterocycles. The van der Waals surface area contributed by atoms with Gasteiger partial charge < -0.3 is 5.73 Å². The first kappa shape index (κ1) is 16.0. The third kappa shape index (κ3) is 3.51. The van der Waals surface area contributed by atoms with E-state index in [1.807, 2.05) is 6.92 Å². The summed E-state index contributed by atoms with van der Waals surface area (Å²) in [6, 6.07) is 1.46. The number of thiocarbonyl (C=S) groups is 1. The second-order valence-corrected chi connectivity index (χ2v) is 9.14. The lowest BCUT2D eigenvalue weighted by Gasteiger charge is -2.24. The lowest BCUT2D eigenvalue weighted by atomic mass is 10.4. The summed E-state index contributed by atoms with van der Waals surface area (Å²) >= 11 is 9.33. The molecule has 0 atom stereocenters. The Bertz CT molecular complexity index is 532. The van der Waals surface area contributed by atoms with Gasteiger partial charge in [-0.15, -0.1) is 11.3 Å². The lowest BCUT2D eigenvalue weighted by Crippen LogP contribution is -2.41. The number of rotatable bonds is 5. The molecule has 2 N–H and O–H groups in total. The summed E-state index contributed by atoms with van der Waals surface area (Å²) in [6.07, 6.45) is 0. The van der Waals surface area contributed by atoms with Crippen LogP contribution < -0.4 is 5.73 Å². The molecule has 0 amide bonds. The zero-order valence-electron chi connectivity index (χ0n) is 10.3. The van der Waals surface area contributed by atoms with Crippen molar-refractivity contribution in [2.45, 2.75) is 31.0 Å². The van der Waals surface area contributed by atoms with Crippen LogP contribution in [0.15, 0.2) is 14.1 Å². The molecule has 0 aliphatic heterocycles. The van der Waals surface area contributed by atoms with Crippen LogP contribution in [0.25, 0.3) is 0 Å². The van der Waals surface area contributed by atoms with E-state index in [-0.39, 0.29) is 17.6 Å². The Labute approximate surface area is 125 Å². The molecule has 0 saturated carbocycles. The summed E-state index contributed by atoms with van der Waals surface area (Å²) in [5.41, 5.74) is 6.36. The number of nitrogens with zero attached hydrogens (tertiary/aromatic N) is 1. The van der Waals surface area contributed by atoms with Gasteiger partial charge in [-0.05, 0) is 48.3 Å². The minimum atomic E-state index is -3.54. The van der Waals surface area contributed by atoms with Gasteiger partial charge >= 0.3 is 0 Å². The summed E-state index contributed by atoms with van der Waals surface area (Å²) in [4.78, 5) is 0.166. The van der Waals surface area contributed by atoms with Gasteiger partial charge in [0.1, 0.15) is 4.21 Å². The predicted molar refractivity (Wildman–Crippen MR) is 82.6 cm³/mol. The Morgan fingerprint density at radius 2 is 2.17 bits per heavy atom. The van der Waals surface area contributed by atoms with Crippen LogP contribution in [-0.2, 0) is 10.0 Å². The molecular weight excluding hydrogens is 356 g/mol. The van der Waals surface area contributed by atoms with Crippen molar-refractivity contribution in [3.8, 4) is 0 Å². The molecule has 0 bridgehead atoms. The van der Waals surface area contributed by atoms with E-state index in [0.717, 1.165) is 9.35 Å². The topological polar surface area (TPSA) is 63.4 Å². The van der Waals surface area contributed by atoms with Gasteiger partial charge in [-0.25, -0.2) is 8.42 Å². The summed E-state index contributed by atoms with van der Waals surface area (Å²) in [6.45, 7) is 5.51. The van der Waals surface area contributed by atoms with Gasteiger partial charge in [0.15, 0.2) is 0 Å². The SMILES string of the molecule is Cc1cc(S(=O)(=O)N(CC(N)=S)C(C)C)sc1Br. The fourth-order valence-electron chi connectivity index (χ4n) is 1.37. The van der Waals surface area contributed by atoms with Crippen LogP contribution in [0.4, 0.5) is 0 Å². The first-order valence-electron chi connectivity index (χ1n) is 5.22. The smallest absolute Gasteiger partial charge is 0.253 e. The Hall–Kier alpha value is -0.0200. The summed E-state index contributed by atoms with van der Waals surface area (Å²) in [5, 5.41) is 0. The molecule has 18 heavy (non-hydrogen) atoms. The third-order valence-corrected chi connectivity index (χ3v) is 7.02. The van der Waals surface area contributed by atoms with Crippen LogP contribution in [0, 0.1) is 6.92 Å². The predicted octanol–water partition coefficient (Wildman–Crippen LogP) is 2.50. The van der Waals surface area contributed by atoms with Crippen molar-refractivity contribution >= 4 is 54.5 Å². The number of nitrogens with two attached hydrogens (primary N) is 1. The number of hydrogen-bond acceptors (Lipinski definition) is 4. The maximum Gasteiger partial charge on any atom is 0.253 e. The molecule has 1 rings (SSSR count). The Balaban J connectivity index is 3.21. The second kappa shape index (κ2) is 5.96. The van der Waals surface area contributed by atoms with Crippen LogP contribution in [0.5, 0.6) is 0 Å². The van der Waals surface area contributed by atoms with Crippen molar-refractivity contribution in [3.63, 3.8) is 0 Å². The highest BCUT2D eigenvalue weighted by atomic mass is 79.9. The van der Waals surface area contributed by atoms with E-state index in [4.69, 9.17) is 18.0 Å². The molecule has 8 heteroatoms. The minimum Gasteiger partial charge on any atom is -0.392 e. The van der Waals surface area contributed by atoms with E-state index in [0.29, 0.717) is 4.21 Å². The molecule has 4 nitrogen and oxygen atoms in total. The molecule has 0 radical (unpaired) electrons. The summed E-state index contributed by atoms with van der Waals surface area (Å²) in [5.74, 6) is 0. The van der Waals surface area contributed by atoms with Crippen molar-refractivity contribution in [2.24, 2.45) is 5.73 Å². The van der Waals surface area contributed by atoms with Crippen LogP contribution >= 0.6 is 39.5 Å². The van der Waals surface area contributed by atoms with E-state index in [1.165, 1.54) is 15.6 Å². The average molecular weight is 371 g/mol. The largest absolute Gasteiger partial charge is 0.392 e. The highest BCUT2D eigenvalue weighted by Gasteiger charge is 2.29. The van der Waals surface area contributed by atoms with Gasteiger partial charge in [0.25, 0.3) is 10.0 Å². The number of aryl methyl sites for hydroxylation is 1. The number of sulfonamides is 1. The Morgan fingerprint density at radius 1 is 1.61 bits per heavy atom. The Kier molecular flexibility index (Phi) is 5.31. The van der Waals surface area contributed by atoms with Crippen molar-refractivity contribution < 1.29 is 8.42 Å². The Morgan fingerprint density at radius 3 is 2.50 bits per heavy atom. The fraction of sp³-hybridized carbons (Fsp3) is 0.500. The molecule has 0 aromatic carbocycles. The van der Waals surface area contributed by atoms with Crippen LogP contribution in [0.1, 0.15) is 19.4 Å². The van der Waals surface area contributed by atoms with Gasteiger partial charge in [0, 0.05) is 6.04 Å². The third-order valence-electron chi connectivity index (χ3n) is 2.29. The lowest BCUT2D eigenvalue weighted by molar-refractivity contribution is 0.392. The molecule has 1 heterocycles. The quantitative estimate of drug-likeness (QED) is 0.808. The van der Waals surface area contributed by atoms with Crippen molar-refractivity contribution in [1.29, 1.82) is 0 Å². The highest BCUT2D eigenvalue weighted by Crippen LogP contribution is 2.32. The molecule has 0 unspecified atom stereocenters. The molecule has 0 spiro atoms. The van der Waals surface area contributed by atoms with Crippen molar-refractivity contribution in [2.75, 3.05) is 6.54 Å². The molecule has 0 aliphatic rings. The van der Waals surface area contributed by atoms with E-state index >= 15 is 0 Å². The molecule has 1 aromatic heterocycles. The minimum absolute atomic E-state index is 0.0594. The number of thiophene rings is 1. The second-order valence-electron chi connectivity index (χ2n) is 4.13. The zero-order valence-corrected chi connectivity index (χ0v) is 14.3. The first-order valence-corrected chi connectivity index (χ1v) is 8.68. The van der Waals surface area contributed by atoms with Gasteiger partial charge in [0.2, 0.25) is 0 Å². The van der Waals surface area contributed by atoms with Gasteiger partial charge in [-0.2, -0.15) is 4.31 Å². The van der Waals surface area contributed by atoms with E-state index in [2.05, 4.69) is 15.9 Å². The van der Waals surface area contributed by atoms with E-state index in [9.17, 15) is 8.42 Å². The fourth-order valence-corrected chi connectivity index (χ4v) is 5.56. The first-order chi connectivity index (χ1) is 8.16. The summed E-state index contributed by atoms with van der Waals surface area (Å²) < 4.78 is 27.4. The van der Waals surface area contributed by atoms with Crippen LogP contribution in [0.2, 0.25) is 0 Å². The summed E-state index contributed by atoms with van der Waals surface area (Å²) in [7, 11) is -3.54. The van der Waals surface area contributed by atoms with Crippen molar-refractivity contribution in [1.82, 2.24) is 4.31 Å². The number of hydrogen-bond donors (Lipinski definition) is 1. The monoisotopic (exact) mass is 370 g/mol. The van der Waals surface area contributed by atoms with E-state index < -0.39 is 10.0 Å². The molecule has 1 aromatic rings. The maximum atomic E-state index is 12.5.